The van der Waals surface area contributed by atoms with Gasteiger partial charge >= 0.3 is 0 Å². The van der Waals surface area contributed by atoms with Gasteiger partial charge in [-0.2, -0.15) is 0 Å². The molecule has 1 amide bonds. The van der Waals surface area contributed by atoms with Crippen LogP contribution in [0.15, 0.2) is 0 Å². The maximum Gasteiger partial charge on any atom is 0.220 e. The first-order chi connectivity index (χ1) is 7.18. The summed E-state index contributed by atoms with van der Waals surface area (Å²) >= 11 is 0. The van der Waals surface area contributed by atoms with Crippen LogP contribution in [0.5, 0.6) is 0 Å². The molecule has 1 N–H and O–H groups in total. The van der Waals surface area contributed by atoms with Crippen LogP contribution in [-0.4, -0.2) is 50.2 Å². The number of carbonyl (C=O) groups is 1. The number of hydrogen-bond acceptors (Lipinski definition) is 3. The van der Waals surface area contributed by atoms with Crippen molar-refractivity contribution in [2.45, 2.75) is 20.3 Å². The van der Waals surface area contributed by atoms with E-state index in [1.54, 1.807) is 0 Å². The van der Waals surface area contributed by atoms with Gasteiger partial charge in [0.25, 0.3) is 0 Å². The Labute approximate surface area is 104 Å². The van der Waals surface area contributed by atoms with E-state index in [4.69, 9.17) is 4.74 Å². The SMILES string of the molecule is CC(C)CC(=O)NCCN1CCOCC1.Cl. The molecule has 0 saturated carbocycles. The van der Waals surface area contributed by atoms with Gasteiger partial charge in [-0.15, -0.1) is 12.4 Å². The molecule has 1 aliphatic rings. The lowest BCUT2D eigenvalue weighted by Gasteiger charge is -2.26. The van der Waals surface area contributed by atoms with Gasteiger partial charge in [-0.25, -0.2) is 0 Å². The van der Waals surface area contributed by atoms with Gasteiger partial charge in [0.1, 0.15) is 0 Å². The predicted molar refractivity (Wildman–Crippen MR) is 67.0 cm³/mol. The minimum atomic E-state index is 0. The van der Waals surface area contributed by atoms with Crippen LogP contribution in [0.1, 0.15) is 20.3 Å². The highest BCUT2D eigenvalue weighted by Crippen LogP contribution is 1.98. The smallest absolute Gasteiger partial charge is 0.220 e. The minimum Gasteiger partial charge on any atom is -0.379 e. The Morgan fingerprint density at radius 3 is 2.56 bits per heavy atom. The van der Waals surface area contributed by atoms with E-state index in [9.17, 15) is 4.79 Å². The Morgan fingerprint density at radius 1 is 1.38 bits per heavy atom. The van der Waals surface area contributed by atoms with Crippen LogP contribution in [0.4, 0.5) is 0 Å². The van der Waals surface area contributed by atoms with Crippen LogP contribution in [0.25, 0.3) is 0 Å². The Hall–Kier alpha value is -0.320. The average molecular weight is 251 g/mol. The fraction of sp³-hybridized carbons (Fsp3) is 0.909. The quantitative estimate of drug-likeness (QED) is 0.789. The summed E-state index contributed by atoms with van der Waals surface area (Å²) < 4.78 is 5.25. The number of nitrogens with zero attached hydrogens (tertiary/aromatic N) is 1. The molecule has 0 atom stereocenters. The standard InChI is InChI=1S/C11H22N2O2.ClH/c1-10(2)9-11(14)12-3-4-13-5-7-15-8-6-13;/h10H,3-9H2,1-2H3,(H,12,14);1H. The minimum absolute atomic E-state index is 0. The van der Waals surface area contributed by atoms with Gasteiger partial charge in [-0.05, 0) is 5.92 Å². The molecule has 1 heterocycles. The summed E-state index contributed by atoms with van der Waals surface area (Å²) in [6.07, 6.45) is 0.628. The van der Waals surface area contributed by atoms with E-state index in [-0.39, 0.29) is 18.3 Å². The van der Waals surface area contributed by atoms with Crippen LogP contribution in [-0.2, 0) is 9.53 Å². The van der Waals surface area contributed by atoms with E-state index in [1.165, 1.54) is 0 Å². The first kappa shape index (κ1) is 15.7. The first-order valence-corrected chi connectivity index (χ1v) is 5.75. The lowest BCUT2D eigenvalue weighted by atomic mass is 10.1. The highest BCUT2D eigenvalue weighted by molar-refractivity contribution is 5.85. The monoisotopic (exact) mass is 250 g/mol. The van der Waals surface area contributed by atoms with Crippen LogP contribution in [0, 0.1) is 5.92 Å². The van der Waals surface area contributed by atoms with Gasteiger partial charge in [0.05, 0.1) is 13.2 Å². The van der Waals surface area contributed by atoms with Crippen LogP contribution in [0.2, 0.25) is 0 Å². The van der Waals surface area contributed by atoms with Gasteiger partial charge in [0.2, 0.25) is 5.91 Å². The highest BCUT2D eigenvalue weighted by Gasteiger charge is 2.10. The second-order valence-electron chi connectivity index (χ2n) is 4.40. The molecule has 1 saturated heterocycles. The summed E-state index contributed by atoms with van der Waals surface area (Å²) in [4.78, 5) is 13.7. The van der Waals surface area contributed by atoms with Crippen molar-refractivity contribution in [3.8, 4) is 0 Å². The number of ether oxygens (including phenoxy) is 1. The molecule has 96 valence electrons. The molecule has 0 radical (unpaired) electrons. The van der Waals surface area contributed by atoms with Gasteiger partial charge in [-0.1, -0.05) is 13.8 Å². The number of halogens is 1. The van der Waals surface area contributed by atoms with E-state index < -0.39 is 0 Å². The molecular weight excluding hydrogens is 228 g/mol. The van der Waals surface area contributed by atoms with Crippen molar-refractivity contribution in [2.75, 3.05) is 39.4 Å². The molecule has 1 fully saturated rings. The van der Waals surface area contributed by atoms with Crippen molar-refractivity contribution in [2.24, 2.45) is 5.92 Å². The number of hydrogen-bond donors (Lipinski definition) is 1. The fourth-order valence-electron chi connectivity index (χ4n) is 1.62. The maximum atomic E-state index is 11.3. The predicted octanol–water partition coefficient (Wildman–Crippen LogP) is 0.903. The van der Waals surface area contributed by atoms with E-state index in [1.807, 2.05) is 0 Å². The molecule has 0 spiro atoms. The summed E-state index contributed by atoms with van der Waals surface area (Å²) in [6.45, 7) is 9.42. The van der Waals surface area contributed by atoms with Crippen molar-refractivity contribution < 1.29 is 9.53 Å². The van der Waals surface area contributed by atoms with Crippen LogP contribution in [0.3, 0.4) is 0 Å². The van der Waals surface area contributed by atoms with E-state index in [0.717, 1.165) is 39.4 Å². The van der Waals surface area contributed by atoms with Gasteiger partial charge in [-0.3, -0.25) is 9.69 Å². The Kier molecular flexibility index (Phi) is 8.61. The molecule has 4 nitrogen and oxygen atoms in total. The highest BCUT2D eigenvalue weighted by atomic mass is 35.5. The molecule has 5 heteroatoms. The summed E-state index contributed by atoms with van der Waals surface area (Å²) in [6, 6.07) is 0. The number of nitrogens with one attached hydrogen (secondary N) is 1. The number of carbonyl (C=O) groups excluding carboxylic acids is 1. The van der Waals surface area contributed by atoms with Crippen molar-refractivity contribution in [3.63, 3.8) is 0 Å². The first-order valence-electron chi connectivity index (χ1n) is 5.75. The summed E-state index contributed by atoms with van der Waals surface area (Å²) in [5.41, 5.74) is 0. The molecule has 1 aliphatic heterocycles. The lowest BCUT2D eigenvalue weighted by molar-refractivity contribution is -0.121. The summed E-state index contributed by atoms with van der Waals surface area (Å²) in [5, 5.41) is 2.94. The molecule has 0 aromatic rings. The molecule has 16 heavy (non-hydrogen) atoms. The second-order valence-corrected chi connectivity index (χ2v) is 4.40. The Morgan fingerprint density at radius 2 is 2.00 bits per heavy atom. The normalized spacial score (nSPS) is 16.9. The van der Waals surface area contributed by atoms with Gasteiger partial charge in [0, 0.05) is 32.6 Å². The summed E-state index contributed by atoms with van der Waals surface area (Å²) in [5.74, 6) is 0.603. The Balaban J connectivity index is 0.00000225. The van der Waals surface area contributed by atoms with Crippen molar-refractivity contribution in [1.82, 2.24) is 10.2 Å². The van der Waals surface area contributed by atoms with Gasteiger partial charge in [0.15, 0.2) is 0 Å². The molecule has 0 unspecified atom stereocenters. The third kappa shape index (κ3) is 7.04. The van der Waals surface area contributed by atoms with Crippen LogP contribution < -0.4 is 5.32 Å². The molecule has 0 bridgehead atoms. The Bertz CT molecular complexity index is 194. The number of morpholine rings is 1. The van der Waals surface area contributed by atoms with Crippen molar-refractivity contribution in [1.29, 1.82) is 0 Å². The third-order valence-corrected chi connectivity index (χ3v) is 2.45. The zero-order valence-corrected chi connectivity index (χ0v) is 11.0. The summed E-state index contributed by atoms with van der Waals surface area (Å²) in [7, 11) is 0. The van der Waals surface area contributed by atoms with E-state index in [0.29, 0.717) is 12.3 Å². The molecule has 0 aromatic heterocycles. The van der Waals surface area contributed by atoms with Crippen molar-refractivity contribution >= 4 is 18.3 Å². The fourth-order valence-corrected chi connectivity index (χ4v) is 1.62. The maximum absolute atomic E-state index is 11.3. The zero-order valence-electron chi connectivity index (χ0n) is 10.2. The molecule has 1 rings (SSSR count). The van der Waals surface area contributed by atoms with Gasteiger partial charge < -0.3 is 10.1 Å². The largest absolute Gasteiger partial charge is 0.379 e. The third-order valence-electron chi connectivity index (χ3n) is 2.45. The average Bonchev–Trinajstić information content (AvgIpc) is 2.18. The van der Waals surface area contributed by atoms with E-state index >= 15 is 0 Å². The number of rotatable bonds is 5. The molecule has 0 aliphatic carbocycles. The zero-order chi connectivity index (χ0) is 11.1. The topological polar surface area (TPSA) is 41.6 Å². The molecule has 0 aromatic carbocycles. The molecular formula is C11H23ClN2O2. The van der Waals surface area contributed by atoms with Crippen LogP contribution >= 0.6 is 12.4 Å². The van der Waals surface area contributed by atoms with E-state index in [2.05, 4.69) is 24.1 Å². The number of amides is 1. The lowest BCUT2D eigenvalue weighted by Crippen LogP contribution is -2.41. The van der Waals surface area contributed by atoms with Crippen molar-refractivity contribution in [3.05, 3.63) is 0 Å². The second kappa shape index (κ2) is 8.79.